The van der Waals surface area contributed by atoms with E-state index in [9.17, 15) is 0 Å². The van der Waals surface area contributed by atoms with E-state index in [2.05, 4.69) is 74.6 Å². The van der Waals surface area contributed by atoms with Crippen molar-refractivity contribution in [1.29, 1.82) is 0 Å². The van der Waals surface area contributed by atoms with Crippen LogP contribution >= 0.6 is 0 Å². The van der Waals surface area contributed by atoms with Crippen LogP contribution in [0.1, 0.15) is 41.6 Å². The SMILES string of the molecule is CCCNC(c1ccccc1)c1cc(C)ccc1C. The van der Waals surface area contributed by atoms with Crippen molar-refractivity contribution in [3.8, 4) is 0 Å². The first kappa shape index (κ1) is 13.8. The summed E-state index contributed by atoms with van der Waals surface area (Å²) in [5.41, 5.74) is 5.40. The lowest BCUT2D eigenvalue weighted by atomic mass is 9.93. The summed E-state index contributed by atoms with van der Waals surface area (Å²) < 4.78 is 0. The molecule has 0 aliphatic heterocycles. The van der Waals surface area contributed by atoms with Gasteiger partial charge >= 0.3 is 0 Å². The summed E-state index contributed by atoms with van der Waals surface area (Å²) in [6, 6.07) is 17.7. The first-order valence-corrected chi connectivity index (χ1v) is 7.08. The summed E-state index contributed by atoms with van der Waals surface area (Å²) in [7, 11) is 0. The van der Waals surface area contributed by atoms with Gasteiger partial charge in [-0.25, -0.2) is 0 Å². The van der Waals surface area contributed by atoms with Gasteiger partial charge in [-0.2, -0.15) is 0 Å². The highest BCUT2D eigenvalue weighted by atomic mass is 14.9. The van der Waals surface area contributed by atoms with Crippen molar-refractivity contribution in [2.24, 2.45) is 0 Å². The normalized spacial score (nSPS) is 12.4. The molecule has 100 valence electrons. The second-order valence-electron chi connectivity index (χ2n) is 5.16. The minimum Gasteiger partial charge on any atom is -0.306 e. The Kier molecular flexibility index (Phi) is 4.75. The van der Waals surface area contributed by atoms with Gasteiger partial charge < -0.3 is 5.32 Å². The highest BCUT2D eigenvalue weighted by molar-refractivity contribution is 5.39. The fourth-order valence-electron chi connectivity index (χ4n) is 2.41. The molecular formula is C18H23N. The van der Waals surface area contributed by atoms with Gasteiger partial charge in [0.1, 0.15) is 0 Å². The van der Waals surface area contributed by atoms with Gasteiger partial charge in [0, 0.05) is 0 Å². The number of hydrogen-bond donors (Lipinski definition) is 1. The summed E-state index contributed by atoms with van der Waals surface area (Å²) in [5, 5.41) is 3.67. The molecule has 19 heavy (non-hydrogen) atoms. The number of nitrogens with one attached hydrogen (secondary N) is 1. The smallest absolute Gasteiger partial charge is 0.0579 e. The van der Waals surface area contributed by atoms with E-state index in [1.54, 1.807) is 0 Å². The van der Waals surface area contributed by atoms with Crippen LogP contribution in [0.15, 0.2) is 48.5 Å². The Balaban J connectivity index is 2.40. The van der Waals surface area contributed by atoms with Gasteiger partial charge in [-0.05, 0) is 43.5 Å². The largest absolute Gasteiger partial charge is 0.306 e. The van der Waals surface area contributed by atoms with Crippen LogP contribution in [0.4, 0.5) is 0 Å². The number of aryl methyl sites for hydroxylation is 2. The van der Waals surface area contributed by atoms with E-state index in [1.165, 1.54) is 22.3 Å². The molecular weight excluding hydrogens is 230 g/mol. The maximum absolute atomic E-state index is 3.67. The lowest BCUT2D eigenvalue weighted by Crippen LogP contribution is -2.24. The van der Waals surface area contributed by atoms with Gasteiger partial charge in [0.25, 0.3) is 0 Å². The van der Waals surface area contributed by atoms with E-state index in [0.717, 1.165) is 13.0 Å². The quantitative estimate of drug-likeness (QED) is 0.833. The minimum absolute atomic E-state index is 0.293. The van der Waals surface area contributed by atoms with E-state index in [-0.39, 0.29) is 0 Å². The second-order valence-corrected chi connectivity index (χ2v) is 5.16. The number of benzene rings is 2. The third-order valence-electron chi connectivity index (χ3n) is 3.48. The van der Waals surface area contributed by atoms with Gasteiger partial charge in [-0.15, -0.1) is 0 Å². The van der Waals surface area contributed by atoms with Crippen LogP contribution in [-0.2, 0) is 0 Å². The first-order valence-electron chi connectivity index (χ1n) is 7.08. The molecule has 0 heterocycles. The molecule has 0 aliphatic rings. The van der Waals surface area contributed by atoms with E-state index in [0.29, 0.717) is 6.04 Å². The van der Waals surface area contributed by atoms with Gasteiger partial charge in [-0.1, -0.05) is 61.0 Å². The highest BCUT2D eigenvalue weighted by Crippen LogP contribution is 2.25. The molecule has 0 radical (unpaired) electrons. The Labute approximate surface area is 116 Å². The molecule has 1 nitrogen and oxygen atoms in total. The topological polar surface area (TPSA) is 12.0 Å². The molecule has 0 aliphatic carbocycles. The van der Waals surface area contributed by atoms with Crippen molar-refractivity contribution in [3.63, 3.8) is 0 Å². The first-order chi connectivity index (χ1) is 9.22. The molecule has 0 bridgehead atoms. The van der Waals surface area contributed by atoms with Crippen LogP contribution in [0.3, 0.4) is 0 Å². The second kappa shape index (κ2) is 6.53. The molecule has 1 N–H and O–H groups in total. The van der Waals surface area contributed by atoms with Crippen LogP contribution < -0.4 is 5.32 Å². The number of rotatable bonds is 5. The third-order valence-corrected chi connectivity index (χ3v) is 3.48. The lowest BCUT2D eigenvalue weighted by Gasteiger charge is -2.22. The standard InChI is InChI=1S/C18H23N/c1-4-12-19-18(16-8-6-5-7-9-16)17-13-14(2)10-11-15(17)3/h5-11,13,18-19H,4,12H2,1-3H3. The van der Waals surface area contributed by atoms with E-state index in [1.807, 2.05) is 0 Å². The fraction of sp³-hybridized carbons (Fsp3) is 0.333. The Morgan fingerprint density at radius 3 is 2.42 bits per heavy atom. The molecule has 1 unspecified atom stereocenters. The average molecular weight is 253 g/mol. The van der Waals surface area contributed by atoms with E-state index in [4.69, 9.17) is 0 Å². The number of hydrogen-bond acceptors (Lipinski definition) is 1. The predicted octanol–water partition coefficient (Wildman–Crippen LogP) is 4.39. The Bertz CT molecular complexity index is 516. The predicted molar refractivity (Wildman–Crippen MR) is 82.5 cm³/mol. The van der Waals surface area contributed by atoms with Crippen LogP contribution in [-0.4, -0.2) is 6.54 Å². The zero-order valence-corrected chi connectivity index (χ0v) is 12.1. The van der Waals surface area contributed by atoms with Gasteiger partial charge in [0.15, 0.2) is 0 Å². The summed E-state index contributed by atoms with van der Waals surface area (Å²) >= 11 is 0. The van der Waals surface area contributed by atoms with Crippen molar-refractivity contribution >= 4 is 0 Å². The van der Waals surface area contributed by atoms with Crippen molar-refractivity contribution in [2.45, 2.75) is 33.2 Å². The van der Waals surface area contributed by atoms with Crippen molar-refractivity contribution in [1.82, 2.24) is 5.32 Å². The minimum atomic E-state index is 0.293. The highest BCUT2D eigenvalue weighted by Gasteiger charge is 2.15. The molecule has 0 spiro atoms. The monoisotopic (exact) mass is 253 g/mol. The Morgan fingerprint density at radius 2 is 1.74 bits per heavy atom. The molecule has 0 saturated carbocycles. The molecule has 0 fully saturated rings. The summed E-state index contributed by atoms with van der Waals surface area (Å²) in [4.78, 5) is 0. The molecule has 1 atom stereocenters. The van der Waals surface area contributed by atoms with Gasteiger partial charge in [0.2, 0.25) is 0 Å². The van der Waals surface area contributed by atoms with Crippen molar-refractivity contribution in [2.75, 3.05) is 6.54 Å². The molecule has 1 heteroatoms. The van der Waals surface area contributed by atoms with Gasteiger partial charge in [-0.3, -0.25) is 0 Å². The third kappa shape index (κ3) is 3.45. The Morgan fingerprint density at radius 1 is 1.00 bits per heavy atom. The summed E-state index contributed by atoms with van der Waals surface area (Å²) in [6.45, 7) is 7.59. The van der Waals surface area contributed by atoms with Gasteiger partial charge in [0.05, 0.1) is 6.04 Å². The van der Waals surface area contributed by atoms with Crippen LogP contribution in [0.2, 0.25) is 0 Å². The summed E-state index contributed by atoms with van der Waals surface area (Å²) in [6.07, 6.45) is 1.15. The Hall–Kier alpha value is -1.60. The van der Waals surface area contributed by atoms with Crippen molar-refractivity contribution in [3.05, 3.63) is 70.8 Å². The van der Waals surface area contributed by atoms with Crippen LogP contribution in [0, 0.1) is 13.8 Å². The molecule has 2 aromatic carbocycles. The maximum Gasteiger partial charge on any atom is 0.0579 e. The fourth-order valence-corrected chi connectivity index (χ4v) is 2.41. The van der Waals surface area contributed by atoms with E-state index >= 15 is 0 Å². The zero-order chi connectivity index (χ0) is 13.7. The molecule has 0 saturated heterocycles. The van der Waals surface area contributed by atoms with E-state index < -0.39 is 0 Å². The molecule has 0 amide bonds. The maximum atomic E-state index is 3.67. The van der Waals surface area contributed by atoms with Crippen LogP contribution in [0.25, 0.3) is 0 Å². The molecule has 2 aromatic rings. The summed E-state index contributed by atoms with van der Waals surface area (Å²) in [5.74, 6) is 0. The van der Waals surface area contributed by atoms with Crippen molar-refractivity contribution < 1.29 is 0 Å². The lowest BCUT2D eigenvalue weighted by molar-refractivity contribution is 0.596. The average Bonchev–Trinajstić information content (AvgIpc) is 2.44. The molecule has 2 rings (SSSR count). The van der Waals surface area contributed by atoms with Crippen LogP contribution in [0.5, 0.6) is 0 Å². The molecule has 0 aromatic heterocycles. The zero-order valence-electron chi connectivity index (χ0n) is 12.1.